The summed E-state index contributed by atoms with van der Waals surface area (Å²) in [5.74, 6) is 0.0358. The molecule has 188 valence electrons. The number of rotatable bonds is 7. The van der Waals surface area contributed by atoms with Gasteiger partial charge >= 0.3 is 0 Å². The molecule has 0 saturated carbocycles. The monoisotopic (exact) mass is 515 g/mol. The van der Waals surface area contributed by atoms with Gasteiger partial charge in [-0.1, -0.05) is 36.0 Å². The molecule has 9 heteroatoms. The van der Waals surface area contributed by atoms with Crippen LogP contribution in [0.4, 0.5) is 10.1 Å². The number of benzene rings is 3. The van der Waals surface area contributed by atoms with Gasteiger partial charge in [-0.2, -0.15) is 0 Å². The summed E-state index contributed by atoms with van der Waals surface area (Å²) in [6, 6.07) is 19.4. The third kappa shape index (κ3) is 5.27. The maximum absolute atomic E-state index is 13.6. The molecule has 3 aromatic carbocycles. The minimum atomic E-state index is -0.363. The third-order valence-corrected chi connectivity index (χ3v) is 7.39. The zero-order chi connectivity index (χ0) is 25.9. The van der Waals surface area contributed by atoms with Crippen LogP contribution in [0.2, 0.25) is 0 Å². The SMILES string of the molecule is Cc1ccc(C(=O)NCc2nnc(SCC(=O)N3CCc4ccccc43)n2-c2ccc(F)cc2)cc1C. The molecule has 37 heavy (non-hydrogen) atoms. The van der Waals surface area contributed by atoms with E-state index in [2.05, 4.69) is 15.5 Å². The highest BCUT2D eigenvalue weighted by Crippen LogP contribution is 2.29. The number of hydrogen-bond acceptors (Lipinski definition) is 5. The van der Waals surface area contributed by atoms with Crippen LogP contribution in [-0.4, -0.2) is 38.9 Å². The summed E-state index contributed by atoms with van der Waals surface area (Å²) >= 11 is 1.26. The van der Waals surface area contributed by atoms with Crippen molar-refractivity contribution in [1.82, 2.24) is 20.1 Å². The van der Waals surface area contributed by atoms with Gasteiger partial charge in [-0.25, -0.2) is 4.39 Å². The van der Waals surface area contributed by atoms with Gasteiger partial charge in [0.1, 0.15) is 5.82 Å². The molecule has 5 rings (SSSR count). The van der Waals surface area contributed by atoms with Gasteiger partial charge in [-0.15, -0.1) is 10.2 Å². The number of hydrogen-bond donors (Lipinski definition) is 1. The van der Waals surface area contributed by atoms with Crippen LogP contribution in [0.25, 0.3) is 5.69 Å². The second-order valence-electron chi connectivity index (χ2n) is 8.91. The lowest BCUT2D eigenvalue weighted by molar-refractivity contribution is -0.116. The maximum Gasteiger partial charge on any atom is 0.251 e. The van der Waals surface area contributed by atoms with Gasteiger partial charge < -0.3 is 10.2 Å². The Bertz CT molecular complexity index is 1470. The number of amides is 2. The van der Waals surface area contributed by atoms with Crippen molar-refractivity contribution in [2.24, 2.45) is 0 Å². The summed E-state index contributed by atoms with van der Waals surface area (Å²) < 4.78 is 15.4. The van der Waals surface area contributed by atoms with Crippen LogP contribution in [0.3, 0.4) is 0 Å². The van der Waals surface area contributed by atoms with E-state index >= 15 is 0 Å². The predicted molar refractivity (Wildman–Crippen MR) is 142 cm³/mol. The highest BCUT2D eigenvalue weighted by molar-refractivity contribution is 7.99. The highest BCUT2D eigenvalue weighted by atomic mass is 32.2. The maximum atomic E-state index is 13.6. The molecular formula is C28H26FN5O2S. The van der Waals surface area contributed by atoms with Crippen LogP contribution in [0.5, 0.6) is 0 Å². The summed E-state index contributed by atoms with van der Waals surface area (Å²) in [5, 5.41) is 12.0. The number of aromatic nitrogens is 3. The molecule has 4 aromatic rings. The average Bonchev–Trinajstić information content (AvgIpc) is 3.52. The van der Waals surface area contributed by atoms with Crippen molar-refractivity contribution in [3.8, 4) is 5.69 Å². The Morgan fingerprint density at radius 3 is 2.57 bits per heavy atom. The van der Waals surface area contributed by atoms with Crippen LogP contribution >= 0.6 is 11.8 Å². The van der Waals surface area contributed by atoms with Crippen molar-refractivity contribution in [3.63, 3.8) is 0 Å². The molecule has 0 aliphatic carbocycles. The van der Waals surface area contributed by atoms with Gasteiger partial charge in [0, 0.05) is 23.5 Å². The van der Waals surface area contributed by atoms with Crippen molar-refractivity contribution in [2.45, 2.75) is 32.0 Å². The summed E-state index contributed by atoms with van der Waals surface area (Å²) in [6.07, 6.45) is 0.836. The molecule has 1 aromatic heterocycles. The minimum Gasteiger partial charge on any atom is -0.345 e. The average molecular weight is 516 g/mol. The number of carbonyl (C=O) groups excluding carboxylic acids is 2. The summed E-state index contributed by atoms with van der Waals surface area (Å²) in [7, 11) is 0. The van der Waals surface area contributed by atoms with E-state index in [1.807, 2.05) is 50.2 Å². The normalized spacial score (nSPS) is 12.5. The Kier molecular flexibility index (Phi) is 7.05. The van der Waals surface area contributed by atoms with E-state index in [1.54, 1.807) is 27.7 Å². The summed E-state index contributed by atoms with van der Waals surface area (Å²) in [5.41, 5.74) is 5.46. The summed E-state index contributed by atoms with van der Waals surface area (Å²) in [6.45, 7) is 4.72. The molecule has 1 aliphatic heterocycles. The topological polar surface area (TPSA) is 80.1 Å². The van der Waals surface area contributed by atoms with Gasteiger partial charge in [0.05, 0.1) is 12.3 Å². The van der Waals surface area contributed by atoms with E-state index in [4.69, 9.17) is 0 Å². The molecule has 0 unspecified atom stereocenters. The number of fused-ring (bicyclic) bond motifs is 1. The number of carbonyl (C=O) groups is 2. The van der Waals surface area contributed by atoms with Crippen molar-refractivity contribution < 1.29 is 14.0 Å². The lowest BCUT2D eigenvalue weighted by Gasteiger charge is -2.17. The van der Waals surface area contributed by atoms with Crippen LogP contribution in [0.1, 0.15) is 32.9 Å². The second kappa shape index (κ2) is 10.6. The number of thioether (sulfide) groups is 1. The predicted octanol–water partition coefficient (Wildman–Crippen LogP) is 4.63. The lowest BCUT2D eigenvalue weighted by Crippen LogP contribution is -2.30. The first kappa shape index (κ1) is 24.7. The molecule has 0 saturated heterocycles. The number of nitrogens with one attached hydrogen (secondary N) is 1. The number of nitrogens with zero attached hydrogens (tertiary/aromatic N) is 4. The largest absolute Gasteiger partial charge is 0.345 e. The van der Waals surface area contributed by atoms with Gasteiger partial charge in [0.25, 0.3) is 5.91 Å². The van der Waals surface area contributed by atoms with Crippen molar-refractivity contribution in [1.29, 1.82) is 0 Å². The molecule has 0 bridgehead atoms. The minimum absolute atomic E-state index is 0.0202. The Labute approximate surface area is 218 Å². The molecule has 0 radical (unpaired) electrons. The molecule has 1 aliphatic rings. The first-order valence-electron chi connectivity index (χ1n) is 12.0. The second-order valence-corrected chi connectivity index (χ2v) is 9.85. The molecule has 1 N–H and O–H groups in total. The number of aryl methyl sites for hydroxylation is 2. The van der Waals surface area contributed by atoms with E-state index in [0.717, 1.165) is 28.8 Å². The highest BCUT2D eigenvalue weighted by Gasteiger charge is 2.25. The first-order valence-corrected chi connectivity index (χ1v) is 13.0. The fourth-order valence-electron chi connectivity index (χ4n) is 4.30. The van der Waals surface area contributed by atoms with Crippen LogP contribution in [0.15, 0.2) is 71.9 Å². The molecule has 2 heterocycles. The fraction of sp³-hybridized carbons (Fsp3) is 0.214. The third-order valence-electron chi connectivity index (χ3n) is 6.47. The van der Waals surface area contributed by atoms with E-state index in [1.165, 1.54) is 23.9 Å². The van der Waals surface area contributed by atoms with Gasteiger partial charge in [0.2, 0.25) is 5.91 Å². The lowest BCUT2D eigenvalue weighted by atomic mass is 10.1. The van der Waals surface area contributed by atoms with Crippen LogP contribution < -0.4 is 10.2 Å². The Balaban J connectivity index is 1.34. The number of halogens is 1. The number of anilines is 1. The van der Waals surface area contributed by atoms with E-state index in [0.29, 0.717) is 28.8 Å². The Hall–Kier alpha value is -3.98. The molecular weight excluding hydrogens is 489 g/mol. The molecule has 0 fully saturated rings. The molecule has 0 spiro atoms. The number of para-hydroxylation sites is 1. The van der Waals surface area contributed by atoms with Crippen molar-refractivity contribution in [2.75, 3.05) is 17.2 Å². The van der Waals surface area contributed by atoms with Crippen LogP contribution in [0, 0.1) is 19.7 Å². The van der Waals surface area contributed by atoms with E-state index in [9.17, 15) is 14.0 Å². The van der Waals surface area contributed by atoms with Gasteiger partial charge in [0.15, 0.2) is 11.0 Å². The van der Waals surface area contributed by atoms with E-state index < -0.39 is 0 Å². The zero-order valence-electron chi connectivity index (χ0n) is 20.6. The molecule has 0 atom stereocenters. The smallest absolute Gasteiger partial charge is 0.251 e. The first-order chi connectivity index (χ1) is 17.9. The Morgan fingerprint density at radius 2 is 1.78 bits per heavy atom. The summed E-state index contributed by atoms with van der Waals surface area (Å²) in [4.78, 5) is 27.6. The fourth-order valence-corrected chi connectivity index (χ4v) is 5.15. The Morgan fingerprint density at radius 1 is 1.00 bits per heavy atom. The molecule has 2 amide bonds. The quantitative estimate of drug-likeness (QED) is 0.363. The van der Waals surface area contributed by atoms with Gasteiger partial charge in [-0.3, -0.25) is 14.2 Å². The van der Waals surface area contributed by atoms with Crippen molar-refractivity contribution >= 4 is 29.3 Å². The molecule has 7 nitrogen and oxygen atoms in total. The standard InChI is InChI=1S/C28H26FN5O2S/c1-18-7-8-21(15-19(18)2)27(36)30-16-25-31-32-28(34(25)23-11-9-22(29)10-12-23)37-17-26(35)33-14-13-20-5-3-4-6-24(20)33/h3-12,15H,13-14,16-17H2,1-2H3,(H,30,36). The van der Waals surface area contributed by atoms with Crippen molar-refractivity contribution in [3.05, 3.63) is 101 Å². The van der Waals surface area contributed by atoms with Crippen LogP contribution in [-0.2, 0) is 17.8 Å². The zero-order valence-corrected chi connectivity index (χ0v) is 21.4. The van der Waals surface area contributed by atoms with Gasteiger partial charge in [-0.05, 0) is 79.4 Å². The van der Waals surface area contributed by atoms with E-state index in [-0.39, 0.29) is 29.9 Å².